The fourth-order valence-electron chi connectivity index (χ4n) is 1.96. The first-order chi connectivity index (χ1) is 6.70. The molecule has 0 aromatic carbocycles. The second-order valence-electron chi connectivity index (χ2n) is 3.90. The van der Waals surface area contributed by atoms with E-state index in [0.29, 0.717) is 23.9 Å². The van der Waals surface area contributed by atoms with E-state index < -0.39 is 0 Å². The number of ether oxygens (including phenoxy) is 1. The van der Waals surface area contributed by atoms with E-state index in [0.717, 1.165) is 13.2 Å². The van der Waals surface area contributed by atoms with Crippen LogP contribution in [-0.2, 0) is 4.74 Å². The summed E-state index contributed by atoms with van der Waals surface area (Å²) in [5, 5.41) is 0.703. The Kier molecular flexibility index (Phi) is 5.23. The summed E-state index contributed by atoms with van der Waals surface area (Å²) in [5.41, 5.74) is 5.77. The van der Waals surface area contributed by atoms with Gasteiger partial charge in [-0.15, -0.1) is 0 Å². The van der Waals surface area contributed by atoms with Gasteiger partial charge in [0.1, 0.15) is 0 Å². The van der Waals surface area contributed by atoms with E-state index in [4.69, 9.17) is 10.5 Å². The Bertz CT molecular complexity index is 168. The second-order valence-corrected chi connectivity index (χ2v) is 5.38. The van der Waals surface area contributed by atoms with Crippen LogP contribution in [0.4, 0.5) is 0 Å². The smallest absolute Gasteiger partial charge is 0.0630 e. The van der Waals surface area contributed by atoms with Crippen LogP contribution in [0.1, 0.15) is 13.8 Å². The topological polar surface area (TPSA) is 38.5 Å². The molecule has 1 saturated heterocycles. The van der Waals surface area contributed by atoms with E-state index in [-0.39, 0.29) is 0 Å². The van der Waals surface area contributed by atoms with Crippen LogP contribution in [0, 0.1) is 0 Å². The van der Waals surface area contributed by atoms with E-state index in [1.807, 2.05) is 0 Å². The lowest BCUT2D eigenvalue weighted by atomic mass is 10.1. The van der Waals surface area contributed by atoms with Gasteiger partial charge in [0.25, 0.3) is 0 Å². The molecule has 14 heavy (non-hydrogen) atoms. The van der Waals surface area contributed by atoms with Crippen molar-refractivity contribution in [2.75, 3.05) is 32.6 Å². The zero-order valence-corrected chi connectivity index (χ0v) is 10.2. The van der Waals surface area contributed by atoms with Crippen LogP contribution in [0.2, 0.25) is 0 Å². The lowest BCUT2D eigenvalue weighted by Crippen LogP contribution is -2.54. The van der Waals surface area contributed by atoms with Crippen LogP contribution in [0.25, 0.3) is 0 Å². The lowest BCUT2D eigenvalue weighted by Gasteiger charge is -2.41. The van der Waals surface area contributed by atoms with E-state index in [2.05, 4.69) is 30.5 Å². The van der Waals surface area contributed by atoms with E-state index in [1.54, 1.807) is 7.11 Å². The largest absolute Gasteiger partial charge is 0.383 e. The highest BCUT2D eigenvalue weighted by Crippen LogP contribution is 2.25. The zero-order valence-electron chi connectivity index (χ0n) is 9.40. The van der Waals surface area contributed by atoms with Gasteiger partial charge in [-0.3, -0.25) is 4.90 Å². The van der Waals surface area contributed by atoms with Crippen LogP contribution in [-0.4, -0.2) is 54.8 Å². The average Bonchev–Trinajstić information content (AvgIpc) is 2.19. The Hall–Kier alpha value is 0.230. The molecule has 0 amide bonds. The highest BCUT2D eigenvalue weighted by atomic mass is 32.2. The van der Waals surface area contributed by atoms with Crippen molar-refractivity contribution in [3.05, 3.63) is 0 Å². The molecule has 0 aliphatic carbocycles. The summed E-state index contributed by atoms with van der Waals surface area (Å²) in [5.74, 6) is 1.21. The number of hydrogen-bond acceptors (Lipinski definition) is 4. The van der Waals surface area contributed by atoms with E-state index in [9.17, 15) is 0 Å². The molecule has 1 rings (SSSR count). The SMILES string of the molecule is COCC(CN)N1CCSC(C)C1C. The van der Waals surface area contributed by atoms with Gasteiger partial charge in [-0.25, -0.2) is 0 Å². The summed E-state index contributed by atoms with van der Waals surface area (Å²) >= 11 is 2.05. The monoisotopic (exact) mass is 218 g/mol. The number of rotatable bonds is 4. The van der Waals surface area contributed by atoms with Crippen molar-refractivity contribution in [2.45, 2.75) is 31.2 Å². The van der Waals surface area contributed by atoms with Gasteiger partial charge in [0, 0.05) is 43.3 Å². The molecule has 1 fully saturated rings. The third kappa shape index (κ3) is 2.86. The van der Waals surface area contributed by atoms with E-state index in [1.165, 1.54) is 5.75 Å². The molecule has 0 aromatic rings. The number of methoxy groups -OCH3 is 1. The maximum Gasteiger partial charge on any atom is 0.0630 e. The fourth-order valence-corrected chi connectivity index (χ4v) is 3.09. The predicted octanol–water partition coefficient (Wildman–Crippen LogP) is 0.786. The first-order valence-electron chi connectivity index (χ1n) is 5.27. The Morgan fingerprint density at radius 1 is 1.57 bits per heavy atom. The molecule has 1 aliphatic rings. The first kappa shape index (κ1) is 12.3. The molecule has 0 spiro atoms. The van der Waals surface area contributed by atoms with Gasteiger partial charge in [-0.05, 0) is 6.92 Å². The van der Waals surface area contributed by atoms with E-state index >= 15 is 0 Å². The molecule has 3 atom stereocenters. The minimum atomic E-state index is 0.387. The van der Waals surface area contributed by atoms with Gasteiger partial charge in [-0.1, -0.05) is 6.92 Å². The summed E-state index contributed by atoms with van der Waals surface area (Å²) in [4.78, 5) is 2.49. The molecule has 1 aliphatic heterocycles. The molecule has 4 heteroatoms. The fraction of sp³-hybridized carbons (Fsp3) is 1.00. The molecule has 0 aromatic heterocycles. The highest BCUT2D eigenvalue weighted by Gasteiger charge is 2.29. The number of hydrogen-bond donors (Lipinski definition) is 1. The third-order valence-corrected chi connectivity index (χ3v) is 4.37. The van der Waals surface area contributed by atoms with Crippen molar-refractivity contribution in [2.24, 2.45) is 5.73 Å². The summed E-state index contributed by atoms with van der Waals surface area (Å²) in [6.07, 6.45) is 0. The first-order valence-corrected chi connectivity index (χ1v) is 6.32. The van der Waals surface area contributed by atoms with Crippen LogP contribution in [0.15, 0.2) is 0 Å². The summed E-state index contributed by atoms with van der Waals surface area (Å²) in [6, 6.07) is 0.996. The predicted molar refractivity (Wildman–Crippen MR) is 62.8 cm³/mol. The van der Waals surface area contributed by atoms with Crippen LogP contribution >= 0.6 is 11.8 Å². The van der Waals surface area contributed by atoms with Crippen molar-refractivity contribution < 1.29 is 4.74 Å². The standard InChI is InChI=1S/C10H22N2OS/c1-8-9(2)14-5-4-12(8)10(6-11)7-13-3/h8-10H,4-7,11H2,1-3H3. The molecule has 0 radical (unpaired) electrons. The molecular formula is C10H22N2OS. The van der Waals surface area contributed by atoms with Gasteiger partial charge in [0.2, 0.25) is 0 Å². The molecule has 3 nitrogen and oxygen atoms in total. The Labute approximate surface area is 91.4 Å². The summed E-state index contributed by atoms with van der Waals surface area (Å²) < 4.78 is 5.20. The highest BCUT2D eigenvalue weighted by molar-refractivity contribution is 8.00. The molecule has 2 N–H and O–H groups in total. The van der Waals surface area contributed by atoms with Gasteiger partial charge in [-0.2, -0.15) is 11.8 Å². The summed E-state index contributed by atoms with van der Waals surface area (Å²) in [6.45, 7) is 7.16. The molecule has 84 valence electrons. The quantitative estimate of drug-likeness (QED) is 0.757. The Morgan fingerprint density at radius 3 is 2.86 bits per heavy atom. The van der Waals surface area contributed by atoms with Crippen molar-refractivity contribution in [3.8, 4) is 0 Å². The second kappa shape index (κ2) is 5.95. The van der Waals surface area contributed by atoms with Crippen LogP contribution < -0.4 is 5.73 Å². The number of nitrogens with zero attached hydrogens (tertiary/aromatic N) is 1. The molecule has 1 heterocycles. The van der Waals surface area contributed by atoms with Crippen molar-refractivity contribution in [1.29, 1.82) is 0 Å². The van der Waals surface area contributed by atoms with Gasteiger partial charge in [0.05, 0.1) is 6.61 Å². The lowest BCUT2D eigenvalue weighted by molar-refractivity contribution is 0.0714. The zero-order chi connectivity index (χ0) is 10.6. The Morgan fingerprint density at radius 2 is 2.29 bits per heavy atom. The van der Waals surface area contributed by atoms with Crippen molar-refractivity contribution in [3.63, 3.8) is 0 Å². The van der Waals surface area contributed by atoms with Crippen molar-refractivity contribution in [1.82, 2.24) is 4.90 Å². The Balaban J connectivity index is 2.54. The summed E-state index contributed by atoms with van der Waals surface area (Å²) in [7, 11) is 1.75. The molecule has 3 unspecified atom stereocenters. The average molecular weight is 218 g/mol. The molecular weight excluding hydrogens is 196 g/mol. The maximum absolute atomic E-state index is 5.77. The number of nitrogens with two attached hydrogens (primary N) is 1. The van der Waals surface area contributed by atoms with Crippen molar-refractivity contribution >= 4 is 11.8 Å². The minimum Gasteiger partial charge on any atom is -0.383 e. The van der Waals surface area contributed by atoms with Crippen LogP contribution in [0.5, 0.6) is 0 Å². The van der Waals surface area contributed by atoms with Crippen LogP contribution in [0.3, 0.4) is 0 Å². The number of thioether (sulfide) groups is 1. The third-order valence-electron chi connectivity index (χ3n) is 3.03. The normalized spacial score (nSPS) is 31.7. The molecule has 0 bridgehead atoms. The van der Waals surface area contributed by atoms with Gasteiger partial charge >= 0.3 is 0 Å². The maximum atomic E-state index is 5.77. The van der Waals surface area contributed by atoms with Gasteiger partial charge < -0.3 is 10.5 Å². The van der Waals surface area contributed by atoms with Gasteiger partial charge in [0.15, 0.2) is 0 Å². The minimum absolute atomic E-state index is 0.387. The molecule has 0 saturated carbocycles.